The van der Waals surface area contributed by atoms with Crippen molar-refractivity contribution >= 4 is 23.9 Å². The van der Waals surface area contributed by atoms with Gasteiger partial charge in [0, 0.05) is 10.5 Å². The molecule has 0 bridgehead atoms. The van der Waals surface area contributed by atoms with Crippen LogP contribution < -0.4 is 10.2 Å². The maximum Gasteiger partial charge on any atom is 0.271 e. The molecule has 0 saturated carbocycles. The standard InChI is InChI=1S/C16H16N2O2S/c1-20-14-5-3-4-13(10-14)16(19)18-17-11-12-6-8-15(21-2)9-7-12/h3-11H,1-2H3,(H,18,19). The Morgan fingerprint density at radius 2 is 2.00 bits per heavy atom. The number of methoxy groups -OCH3 is 1. The van der Waals surface area contributed by atoms with Crippen LogP contribution >= 0.6 is 11.8 Å². The third kappa shape index (κ3) is 4.36. The largest absolute Gasteiger partial charge is 0.497 e. The van der Waals surface area contributed by atoms with Crippen molar-refractivity contribution in [2.45, 2.75) is 4.90 Å². The molecule has 1 N–H and O–H groups in total. The summed E-state index contributed by atoms with van der Waals surface area (Å²) in [6.07, 6.45) is 3.64. The summed E-state index contributed by atoms with van der Waals surface area (Å²) in [4.78, 5) is 13.1. The third-order valence-electron chi connectivity index (χ3n) is 2.83. The van der Waals surface area contributed by atoms with E-state index >= 15 is 0 Å². The van der Waals surface area contributed by atoms with E-state index in [0.717, 1.165) is 5.56 Å². The Morgan fingerprint density at radius 1 is 1.24 bits per heavy atom. The molecule has 0 radical (unpaired) electrons. The van der Waals surface area contributed by atoms with E-state index in [1.165, 1.54) is 4.90 Å². The Kier molecular flexibility index (Phi) is 5.40. The van der Waals surface area contributed by atoms with Gasteiger partial charge in [0.25, 0.3) is 5.91 Å². The quantitative estimate of drug-likeness (QED) is 0.524. The highest BCUT2D eigenvalue weighted by atomic mass is 32.2. The van der Waals surface area contributed by atoms with Crippen LogP contribution in [0.3, 0.4) is 0 Å². The van der Waals surface area contributed by atoms with Gasteiger partial charge in [-0.05, 0) is 42.2 Å². The fourth-order valence-electron chi connectivity index (χ4n) is 1.68. The molecule has 1 amide bonds. The SMILES string of the molecule is COc1cccc(C(=O)NN=Cc2ccc(SC)cc2)c1. The maximum absolute atomic E-state index is 11.9. The zero-order valence-corrected chi connectivity index (χ0v) is 12.7. The van der Waals surface area contributed by atoms with Crippen molar-refractivity contribution in [3.05, 3.63) is 59.7 Å². The van der Waals surface area contributed by atoms with Gasteiger partial charge in [-0.2, -0.15) is 5.10 Å². The average Bonchev–Trinajstić information content (AvgIpc) is 2.55. The molecule has 0 unspecified atom stereocenters. The van der Waals surface area contributed by atoms with Gasteiger partial charge >= 0.3 is 0 Å². The molecule has 0 atom stereocenters. The molecule has 4 nitrogen and oxygen atoms in total. The lowest BCUT2D eigenvalue weighted by Gasteiger charge is -2.03. The number of thioether (sulfide) groups is 1. The summed E-state index contributed by atoms with van der Waals surface area (Å²) >= 11 is 1.68. The van der Waals surface area contributed by atoms with Gasteiger partial charge in [-0.3, -0.25) is 4.79 Å². The van der Waals surface area contributed by atoms with E-state index in [1.54, 1.807) is 49.4 Å². The van der Waals surface area contributed by atoms with Crippen molar-refractivity contribution in [2.75, 3.05) is 13.4 Å². The Labute approximate surface area is 128 Å². The van der Waals surface area contributed by atoms with Gasteiger partial charge in [0.15, 0.2) is 0 Å². The molecule has 0 saturated heterocycles. The highest BCUT2D eigenvalue weighted by molar-refractivity contribution is 7.98. The summed E-state index contributed by atoms with van der Waals surface area (Å²) in [7, 11) is 1.56. The molecule has 0 aliphatic carbocycles. The van der Waals surface area contributed by atoms with Crippen molar-refractivity contribution in [2.24, 2.45) is 5.10 Å². The lowest BCUT2D eigenvalue weighted by atomic mass is 10.2. The Balaban J connectivity index is 1.97. The summed E-state index contributed by atoms with van der Waals surface area (Å²) in [5, 5.41) is 3.96. The van der Waals surface area contributed by atoms with Crippen LogP contribution in [-0.2, 0) is 0 Å². The molecule has 2 rings (SSSR count). The molecule has 0 aromatic heterocycles. The molecule has 0 heterocycles. The highest BCUT2D eigenvalue weighted by Crippen LogP contribution is 2.14. The fraction of sp³-hybridized carbons (Fsp3) is 0.125. The van der Waals surface area contributed by atoms with Crippen LogP contribution in [0.15, 0.2) is 58.5 Å². The fourth-order valence-corrected chi connectivity index (χ4v) is 2.09. The summed E-state index contributed by atoms with van der Waals surface area (Å²) in [5.74, 6) is 0.366. The van der Waals surface area contributed by atoms with Crippen molar-refractivity contribution < 1.29 is 9.53 Å². The van der Waals surface area contributed by atoms with Crippen LogP contribution in [0, 0.1) is 0 Å². The number of hydrogen-bond acceptors (Lipinski definition) is 4. The number of nitrogens with one attached hydrogen (secondary N) is 1. The van der Waals surface area contributed by atoms with Crippen LogP contribution in [0.25, 0.3) is 0 Å². The van der Waals surface area contributed by atoms with E-state index in [4.69, 9.17) is 4.74 Å². The normalized spacial score (nSPS) is 10.6. The molecule has 0 aliphatic heterocycles. The molecular weight excluding hydrogens is 284 g/mol. The zero-order valence-electron chi connectivity index (χ0n) is 11.9. The first-order valence-electron chi connectivity index (χ1n) is 6.34. The first kappa shape index (κ1) is 15.1. The first-order chi connectivity index (χ1) is 10.2. The van der Waals surface area contributed by atoms with Crippen molar-refractivity contribution in [1.82, 2.24) is 5.43 Å². The van der Waals surface area contributed by atoms with E-state index in [0.29, 0.717) is 11.3 Å². The number of nitrogens with zero attached hydrogens (tertiary/aromatic N) is 1. The summed E-state index contributed by atoms with van der Waals surface area (Å²) in [6, 6.07) is 14.8. The van der Waals surface area contributed by atoms with Gasteiger partial charge in [-0.1, -0.05) is 18.2 Å². The van der Waals surface area contributed by atoms with Gasteiger partial charge in [-0.25, -0.2) is 5.43 Å². The number of amides is 1. The first-order valence-corrected chi connectivity index (χ1v) is 7.57. The number of carbonyl (C=O) groups excluding carboxylic acids is 1. The molecule has 5 heteroatoms. The minimum Gasteiger partial charge on any atom is -0.497 e. The number of benzene rings is 2. The molecule has 0 fully saturated rings. The van der Waals surface area contributed by atoms with Crippen LogP contribution in [0.5, 0.6) is 5.75 Å². The Morgan fingerprint density at radius 3 is 2.67 bits per heavy atom. The van der Waals surface area contributed by atoms with E-state index in [2.05, 4.69) is 10.5 Å². The smallest absolute Gasteiger partial charge is 0.271 e. The molecule has 108 valence electrons. The number of rotatable bonds is 5. The van der Waals surface area contributed by atoms with Gasteiger partial charge in [0.05, 0.1) is 13.3 Å². The highest BCUT2D eigenvalue weighted by Gasteiger charge is 2.04. The van der Waals surface area contributed by atoms with E-state index in [9.17, 15) is 4.79 Å². The minimum absolute atomic E-state index is 0.272. The average molecular weight is 300 g/mol. The number of carbonyl (C=O) groups is 1. The van der Waals surface area contributed by atoms with Gasteiger partial charge < -0.3 is 4.74 Å². The second-order valence-corrected chi connectivity index (χ2v) is 5.08. The zero-order chi connectivity index (χ0) is 15.1. The van der Waals surface area contributed by atoms with E-state index < -0.39 is 0 Å². The van der Waals surface area contributed by atoms with Crippen molar-refractivity contribution in [1.29, 1.82) is 0 Å². The van der Waals surface area contributed by atoms with Gasteiger partial charge in [-0.15, -0.1) is 11.8 Å². The number of hydrazone groups is 1. The van der Waals surface area contributed by atoms with Crippen LogP contribution in [0.4, 0.5) is 0 Å². The number of hydrogen-bond donors (Lipinski definition) is 1. The van der Waals surface area contributed by atoms with Crippen LogP contribution in [0.2, 0.25) is 0 Å². The van der Waals surface area contributed by atoms with E-state index in [1.807, 2.05) is 30.5 Å². The summed E-state index contributed by atoms with van der Waals surface area (Å²) < 4.78 is 5.08. The van der Waals surface area contributed by atoms with Crippen LogP contribution in [-0.4, -0.2) is 25.5 Å². The maximum atomic E-state index is 11.9. The van der Waals surface area contributed by atoms with Gasteiger partial charge in [0.1, 0.15) is 5.75 Å². The lowest BCUT2D eigenvalue weighted by molar-refractivity contribution is 0.0955. The number of ether oxygens (including phenoxy) is 1. The Bertz CT molecular complexity index is 639. The lowest BCUT2D eigenvalue weighted by Crippen LogP contribution is -2.17. The van der Waals surface area contributed by atoms with Crippen molar-refractivity contribution in [3.8, 4) is 5.75 Å². The molecule has 21 heavy (non-hydrogen) atoms. The van der Waals surface area contributed by atoms with E-state index in [-0.39, 0.29) is 5.91 Å². The predicted octanol–water partition coefficient (Wildman–Crippen LogP) is 3.18. The second-order valence-electron chi connectivity index (χ2n) is 4.20. The molecule has 0 aliphatic rings. The van der Waals surface area contributed by atoms with Crippen LogP contribution in [0.1, 0.15) is 15.9 Å². The monoisotopic (exact) mass is 300 g/mol. The Hall–Kier alpha value is -2.27. The molecule has 2 aromatic carbocycles. The minimum atomic E-state index is -0.272. The second kappa shape index (κ2) is 7.50. The van der Waals surface area contributed by atoms with Crippen molar-refractivity contribution in [3.63, 3.8) is 0 Å². The third-order valence-corrected chi connectivity index (χ3v) is 3.57. The predicted molar refractivity (Wildman–Crippen MR) is 86.3 cm³/mol. The summed E-state index contributed by atoms with van der Waals surface area (Å²) in [5.41, 5.74) is 3.93. The summed E-state index contributed by atoms with van der Waals surface area (Å²) in [6.45, 7) is 0. The topological polar surface area (TPSA) is 50.7 Å². The van der Waals surface area contributed by atoms with Gasteiger partial charge in [0.2, 0.25) is 0 Å². The molecular formula is C16H16N2O2S. The molecule has 2 aromatic rings. The molecule has 0 spiro atoms.